The maximum atomic E-state index is 12.2. The number of para-hydroxylation sites is 1. The first kappa shape index (κ1) is 21.5. The van der Waals surface area contributed by atoms with Crippen molar-refractivity contribution in [2.45, 2.75) is 40.0 Å². The number of carbonyl (C=O) groups is 2. The van der Waals surface area contributed by atoms with Crippen LogP contribution in [-0.2, 0) is 9.53 Å². The molecule has 1 amide bonds. The molecule has 5 nitrogen and oxygen atoms in total. The number of carbonyl (C=O) groups excluding carboxylic acids is 2. The van der Waals surface area contributed by atoms with E-state index >= 15 is 0 Å². The molecule has 0 spiro atoms. The second-order valence-electron chi connectivity index (χ2n) is 7.25. The summed E-state index contributed by atoms with van der Waals surface area (Å²) in [6, 6.07) is 14.4. The van der Waals surface area contributed by atoms with Crippen LogP contribution >= 0.6 is 0 Å². The lowest BCUT2D eigenvalue weighted by Gasteiger charge is -2.15. The number of hydrogen-bond donors (Lipinski definition) is 1. The zero-order chi connectivity index (χ0) is 20.5. The van der Waals surface area contributed by atoms with Gasteiger partial charge in [-0.2, -0.15) is 0 Å². The van der Waals surface area contributed by atoms with E-state index in [0.717, 1.165) is 17.7 Å². The topological polar surface area (TPSA) is 64.6 Å². The van der Waals surface area contributed by atoms with Gasteiger partial charge in [0, 0.05) is 5.69 Å². The minimum absolute atomic E-state index is 0.329. The fourth-order valence-corrected chi connectivity index (χ4v) is 2.61. The molecule has 5 heteroatoms. The van der Waals surface area contributed by atoms with Crippen molar-refractivity contribution < 1.29 is 19.1 Å². The van der Waals surface area contributed by atoms with Crippen molar-refractivity contribution in [2.24, 2.45) is 5.92 Å². The Bertz CT molecular complexity index is 783. The Morgan fingerprint density at radius 3 is 2.32 bits per heavy atom. The van der Waals surface area contributed by atoms with Gasteiger partial charge in [0.1, 0.15) is 5.75 Å². The van der Waals surface area contributed by atoms with Crippen LogP contribution < -0.4 is 10.1 Å². The fraction of sp³-hybridized carbons (Fsp3) is 0.391. The summed E-state index contributed by atoms with van der Waals surface area (Å²) in [6.07, 6.45) is 0.971. The Labute approximate surface area is 167 Å². The van der Waals surface area contributed by atoms with Crippen LogP contribution in [0.15, 0.2) is 48.5 Å². The van der Waals surface area contributed by atoms with E-state index in [-0.39, 0.29) is 12.5 Å². The van der Waals surface area contributed by atoms with Crippen LogP contribution in [-0.4, -0.2) is 25.1 Å². The molecule has 0 aliphatic rings. The number of hydrogen-bond acceptors (Lipinski definition) is 4. The van der Waals surface area contributed by atoms with E-state index < -0.39 is 5.97 Å². The van der Waals surface area contributed by atoms with E-state index in [0.29, 0.717) is 29.8 Å². The van der Waals surface area contributed by atoms with Gasteiger partial charge in [-0.3, -0.25) is 4.79 Å². The smallest absolute Gasteiger partial charge is 0.338 e. The van der Waals surface area contributed by atoms with E-state index in [1.165, 1.54) is 0 Å². The highest BCUT2D eigenvalue weighted by Crippen LogP contribution is 2.26. The zero-order valence-corrected chi connectivity index (χ0v) is 17.0. The largest absolute Gasteiger partial charge is 0.493 e. The fourth-order valence-electron chi connectivity index (χ4n) is 2.61. The molecule has 0 saturated heterocycles. The van der Waals surface area contributed by atoms with Gasteiger partial charge < -0.3 is 14.8 Å². The summed E-state index contributed by atoms with van der Waals surface area (Å²) in [5.41, 5.74) is 2.20. The summed E-state index contributed by atoms with van der Waals surface area (Å²) < 4.78 is 10.7. The van der Waals surface area contributed by atoms with Gasteiger partial charge in [-0.1, -0.05) is 45.9 Å². The Balaban J connectivity index is 1.88. The average molecular weight is 383 g/mol. The molecule has 0 aromatic heterocycles. The summed E-state index contributed by atoms with van der Waals surface area (Å²) >= 11 is 0. The number of ether oxygens (including phenoxy) is 2. The zero-order valence-electron chi connectivity index (χ0n) is 17.0. The van der Waals surface area contributed by atoms with Crippen LogP contribution in [0.1, 0.15) is 56.0 Å². The van der Waals surface area contributed by atoms with Gasteiger partial charge in [0.15, 0.2) is 6.61 Å². The van der Waals surface area contributed by atoms with Crippen molar-refractivity contribution in [2.75, 3.05) is 18.5 Å². The Morgan fingerprint density at radius 1 is 1.00 bits per heavy atom. The van der Waals surface area contributed by atoms with Crippen molar-refractivity contribution in [1.29, 1.82) is 0 Å². The highest BCUT2D eigenvalue weighted by molar-refractivity contribution is 5.96. The van der Waals surface area contributed by atoms with Crippen LogP contribution in [0.3, 0.4) is 0 Å². The second-order valence-corrected chi connectivity index (χ2v) is 7.25. The molecule has 0 aliphatic heterocycles. The SMILES string of the molecule is CC[C@@H](C)c1ccccc1NC(=O)COC(=O)c1ccc(OCC(C)C)cc1. The van der Waals surface area contributed by atoms with Crippen LogP contribution in [0.4, 0.5) is 5.69 Å². The first-order valence-electron chi connectivity index (χ1n) is 9.69. The molecule has 150 valence electrons. The monoisotopic (exact) mass is 383 g/mol. The van der Waals surface area contributed by atoms with Gasteiger partial charge in [0.25, 0.3) is 5.91 Å². The Kier molecular flexibility index (Phi) is 8.05. The minimum Gasteiger partial charge on any atom is -0.493 e. The summed E-state index contributed by atoms with van der Waals surface area (Å²) in [4.78, 5) is 24.4. The van der Waals surface area contributed by atoms with Gasteiger partial charge in [-0.05, 0) is 54.2 Å². The van der Waals surface area contributed by atoms with Crippen molar-refractivity contribution in [3.8, 4) is 5.75 Å². The highest BCUT2D eigenvalue weighted by atomic mass is 16.5. The molecule has 2 aromatic rings. The van der Waals surface area contributed by atoms with Gasteiger partial charge in [-0.25, -0.2) is 4.79 Å². The molecule has 1 atom stereocenters. The summed E-state index contributed by atoms with van der Waals surface area (Å²) in [6.45, 7) is 8.63. The van der Waals surface area contributed by atoms with E-state index in [1.807, 2.05) is 24.3 Å². The Hall–Kier alpha value is -2.82. The maximum Gasteiger partial charge on any atom is 0.338 e. The van der Waals surface area contributed by atoms with Crippen LogP contribution in [0, 0.1) is 5.92 Å². The van der Waals surface area contributed by atoms with Gasteiger partial charge in [-0.15, -0.1) is 0 Å². The molecule has 0 radical (unpaired) electrons. The molecular formula is C23H29NO4. The van der Waals surface area contributed by atoms with Crippen molar-refractivity contribution in [3.63, 3.8) is 0 Å². The van der Waals surface area contributed by atoms with Crippen molar-refractivity contribution in [1.82, 2.24) is 0 Å². The molecule has 28 heavy (non-hydrogen) atoms. The molecule has 0 fully saturated rings. The maximum absolute atomic E-state index is 12.2. The molecule has 0 bridgehead atoms. The number of esters is 1. The van der Waals surface area contributed by atoms with Gasteiger partial charge >= 0.3 is 5.97 Å². The van der Waals surface area contributed by atoms with Gasteiger partial charge in [0.05, 0.1) is 12.2 Å². The lowest BCUT2D eigenvalue weighted by Crippen LogP contribution is -2.21. The van der Waals surface area contributed by atoms with Crippen LogP contribution in [0.25, 0.3) is 0 Å². The van der Waals surface area contributed by atoms with Crippen LogP contribution in [0.2, 0.25) is 0 Å². The molecule has 1 N–H and O–H groups in total. The Morgan fingerprint density at radius 2 is 1.68 bits per heavy atom. The highest BCUT2D eigenvalue weighted by Gasteiger charge is 2.14. The standard InChI is InChI=1S/C23H29NO4/c1-5-17(4)20-8-6-7-9-21(20)24-22(25)15-28-23(26)18-10-12-19(13-11-18)27-14-16(2)3/h6-13,16-17H,5,14-15H2,1-4H3,(H,24,25)/t17-/m1/s1. The lowest BCUT2D eigenvalue weighted by molar-refractivity contribution is -0.119. The molecular weight excluding hydrogens is 354 g/mol. The third-order valence-electron chi connectivity index (χ3n) is 4.39. The van der Waals surface area contributed by atoms with E-state index in [2.05, 4.69) is 33.0 Å². The molecule has 0 saturated carbocycles. The molecule has 0 aliphatic carbocycles. The lowest BCUT2D eigenvalue weighted by atomic mass is 9.97. The van der Waals surface area contributed by atoms with Crippen molar-refractivity contribution in [3.05, 3.63) is 59.7 Å². The molecule has 0 heterocycles. The number of nitrogens with one attached hydrogen (secondary N) is 1. The van der Waals surface area contributed by atoms with Crippen molar-refractivity contribution >= 4 is 17.6 Å². The third kappa shape index (κ3) is 6.41. The molecule has 2 rings (SSSR count). The van der Waals surface area contributed by atoms with Crippen LogP contribution in [0.5, 0.6) is 5.75 Å². The summed E-state index contributed by atoms with van der Waals surface area (Å²) in [5.74, 6) is 0.551. The number of rotatable bonds is 9. The van der Waals surface area contributed by atoms with E-state index in [9.17, 15) is 9.59 Å². The second kappa shape index (κ2) is 10.5. The average Bonchev–Trinajstić information content (AvgIpc) is 2.70. The van der Waals surface area contributed by atoms with Gasteiger partial charge in [0.2, 0.25) is 0 Å². The van der Waals surface area contributed by atoms with E-state index in [4.69, 9.17) is 9.47 Å². The molecule has 0 unspecified atom stereocenters. The number of amides is 1. The molecule has 2 aromatic carbocycles. The predicted molar refractivity (Wildman–Crippen MR) is 111 cm³/mol. The summed E-state index contributed by atoms with van der Waals surface area (Å²) in [5, 5.41) is 2.83. The predicted octanol–water partition coefficient (Wildman–Crippen LogP) is 5.03. The first-order valence-corrected chi connectivity index (χ1v) is 9.69. The minimum atomic E-state index is -0.541. The third-order valence-corrected chi connectivity index (χ3v) is 4.39. The number of anilines is 1. The summed E-state index contributed by atoms with van der Waals surface area (Å²) in [7, 11) is 0. The number of benzene rings is 2. The first-order chi connectivity index (χ1) is 13.4. The normalized spacial score (nSPS) is 11.8. The van der Waals surface area contributed by atoms with E-state index in [1.54, 1.807) is 24.3 Å². The quantitative estimate of drug-likeness (QED) is 0.617.